The van der Waals surface area contributed by atoms with Gasteiger partial charge in [0.2, 0.25) is 0 Å². The Kier molecular flexibility index (Phi) is 4.04. The van der Waals surface area contributed by atoms with E-state index in [1.165, 1.54) is 0 Å². The smallest absolute Gasteiger partial charge is 0.314 e. The van der Waals surface area contributed by atoms with E-state index >= 15 is 0 Å². The van der Waals surface area contributed by atoms with Crippen LogP contribution < -0.4 is 10.6 Å². The van der Waals surface area contributed by atoms with Crippen LogP contribution in [0.4, 0.5) is 11.4 Å². The summed E-state index contributed by atoms with van der Waals surface area (Å²) < 4.78 is 0. The molecule has 0 aliphatic heterocycles. The lowest BCUT2D eigenvalue weighted by Crippen LogP contribution is -2.29. The zero-order valence-electron chi connectivity index (χ0n) is 13.7. The van der Waals surface area contributed by atoms with Crippen LogP contribution in [0.1, 0.15) is 16.7 Å². The first-order chi connectivity index (χ1) is 11.4. The van der Waals surface area contributed by atoms with E-state index in [2.05, 4.69) is 20.8 Å². The third kappa shape index (κ3) is 3.12. The third-order valence-corrected chi connectivity index (χ3v) is 3.82. The van der Waals surface area contributed by atoms with Crippen molar-refractivity contribution in [3.8, 4) is 0 Å². The zero-order valence-corrected chi connectivity index (χ0v) is 13.7. The lowest BCUT2D eigenvalue weighted by Gasteiger charge is -2.12. The molecule has 0 spiro atoms. The standard InChI is InChI=1S/C18H18N4O2/c1-10-6-11(2)16(12(3)7-10)21-18(24)17(23)20-14-5-4-13-9-19-22-15(13)8-14/h4-9H,1-3H3,(H,19,22)(H,20,23)(H,21,24). The number of nitrogens with one attached hydrogen (secondary N) is 3. The number of amides is 2. The lowest BCUT2D eigenvalue weighted by molar-refractivity contribution is -0.133. The fourth-order valence-electron chi connectivity index (χ4n) is 2.75. The minimum atomic E-state index is -0.715. The molecule has 3 rings (SSSR count). The predicted octanol–water partition coefficient (Wildman–Crippen LogP) is 3.07. The van der Waals surface area contributed by atoms with E-state index < -0.39 is 11.8 Å². The van der Waals surface area contributed by atoms with Gasteiger partial charge in [0.05, 0.1) is 11.7 Å². The fourth-order valence-corrected chi connectivity index (χ4v) is 2.75. The molecule has 0 atom stereocenters. The van der Waals surface area contributed by atoms with Gasteiger partial charge in [0.1, 0.15) is 0 Å². The quantitative estimate of drug-likeness (QED) is 0.634. The number of nitrogens with zero attached hydrogens (tertiary/aromatic N) is 1. The number of benzene rings is 2. The third-order valence-electron chi connectivity index (χ3n) is 3.82. The van der Waals surface area contributed by atoms with E-state index in [-0.39, 0.29) is 0 Å². The fraction of sp³-hybridized carbons (Fsp3) is 0.167. The molecule has 122 valence electrons. The number of carbonyl (C=O) groups is 2. The van der Waals surface area contributed by atoms with Gasteiger partial charge in [-0.05, 0) is 50.1 Å². The van der Waals surface area contributed by atoms with E-state index in [0.29, 0.717) is 11.4 Å². The number of hydrogen-bond donors (Lipinski definition) is 3. The molecule has 0 unspecified atom stereocenters. The van der Waals surface area contributed by atoms with Crippen LogP contribution in [0.2, 0.25) is 0 Å². The van der Waals surface area contributed by atoms with Gasteiger partial charge in [-0.15, -0.1) is 0 Å². The molecule has 3 N–H and O–H groups in total. The molecular weight excluding hydrogens is 304 g/mol. The predicted molar refractivity (Wildman–Crippen MR) is 94.0 cm³/mol. The molecule has 1 aromatic heterocycles. The SMILES string of the molecule is Cc1cc(C)c(NC(=O)C(=O)Nc2ccc3cn[nH]c3c2)c(C)c1. The molecule has 1 heterocycles. The summed E-state index contributed by atoms with van der Waals surface area (Å²) in [5, 5.41) is 13.0. The molecule has 0 fully saturated rings. The van der Waals surface area contributed by atoms with Gasteiger partial charge in [-0.1, -0.05) is 17.7 Å². The molecule has 6 nitrogen and oxygen atoms in total. The number of hydrogen-bond acceptors (Lipinski definition) is 3. The minimum absolute atomic E-state index is 0.532. The van der Waals surface area contributed by atoms with Crippen molar-refractivity contribution in [1.82, 2.24) is 10.2 Å². The molecule has 24 heavy (non-hydrogen) atoms. The second-order valence-corrected chi connectivity index (χ2v) is 5.85. The number of anilines is 2. The Labute approximate surface area is 139 Å². The first-order valence-corrected chi connectivity index (χ1v) is 7.57. The highest BCUT2D eigenvalue weighted by Crippen LogP contribution is 2.22. The van der Waals surface area contributed by atoms with E-state index in [9.17, 15) is 9.59 Å². The highest BCUT2D eigenvalue weighted by atomic mass is 16.2. The molecule has 3 aromatic rings. The Balaban J connectivity index is 1.74. The molecule has 6 heteroatoms. The van der Waals surface area contributed by atoms with Crippen LogP contribution in [0.3, 0.4) is 0 Å². The molecule has 2 amide bonds. The number of fused-ring (bicyclic) bond motifs is 1. The van der Waals surface area contributed by atoms with E-state index in [4.69, 9.17) is 0 Å². The monoisotopic (exact) mass is 322 g/mol. The summed E-state index contributed by atoms with van der Waals surface area (Å²) in [5.74, 6) is -1.41. The van der Waals surface area contributed by atoms with Gasteiger partial charge in [0.25, 0.3) is 0 Å². The second kappa shape index (κ2) is 6.16. The summed E-state index contributed by atoms with van der Waals surface area (Å²) in [7, 11) is 0. The van der Waals surface area contributed by atoms with Gasteiger partial charge in [-0.2, -0.15) is 5.10 Å². The van der Waals surface area contributed by atoms with Crippen LogP contribution in [0.5, 0.6) is 0 Å². The van der Waals surface area contributed by atoms with Crippen molar-refractivity contribution < 1.29 is 9.59 Å². The number of carbonyl (C=O) groups excluding carboxylic acids is 2. The number of aryl methyl sites for hydroxylation is 3. The maximum Gasteiger partial charge on any atom is 0.314 e. The Morgan fingerprint density at radius 2 is 1.62 bits per heavy atom. The van der Waals surface area contributed by atoms with E-state index in [0.717, 1.165) is 27.6 Å². The zero-order chi connectivity index (χ0) is 17.3. The van der Waals surface area contributed by atoms with Crippen LogP contribution in [-0.2, 0) is 9.59 Å². The normalized spacial score (nSPS) is 10.6. The van der Waals surface area contributed by atoms with Crippen molar-refractivity contribution in [1.29, 1.82) is 0 Å². The van der Waals surface area contributed by atoms with Crippen LogP contribution in [0.25, 0.3) is 10.9 Å². The van der Waals surface area contributed by atoms with Gasteiger partial charge in [0, 0.05) is 16.8 Å². The highest BCUT2D eigenvalue weighted by molar-refractivity contribution is 6.43. The maximum atomic E-state index is 12.2. The van der Waals surface area contributed by atoms with Crippen LogP contribution >= 0.6 is 0 Å². The average Bonchev–Trinajstić information content (AvgIpc) is 2.98. The molecule has 0 aliphatic carbocycles. The summed E-state index contributed by atoms with van der Waals surface area (Å²) >= 11 is 0. The van der Waals surface area contributed by atoms with Crippen molar-refractivity contribution in [2.45, 2.75) is 20.8 Å². The molecular formula is C18H18N4O2. The Hall–Kier alpha value is -3.15. The summed E-state index contributed by atoms with van der Waals surface area (Å²) in [5.41, 5.74) is 4.95. The minimum Gasteiger partial charge on any atom is -0.318 e. The van der Waals surface area contributed by atoms with E-state index in [1.54, 1.807) is 18.3 Å². The average molecular weight is 322 g/mol. The summed E-state index contributed by atoms with van der Waals surface area (Å²) in [6.07, 6.45) is 1.69. The Bertz CT molecular complexity index is 920. The largest absolute Gasteiger partial charge is 0.318 e. The molecule has 0 radical (unpaired) electrons. The number of aromatic nitrogens is 2. The number of aromatic amines is 1. The summed E-state index contributed by atoms with van der Waals surface area (Å²) in [4.78, 5) is 24.3. The first kappa shape index (κ1) is 15.7. The lowest BCUT2D eigenvalue weighted by atomic mass is 10.1. The summed E-state index contributed by atoms with van der Waals surface area (Å²) in [6, 6.07) is 9.21. The summed E-state index contributed by atoms with van der Waals surface area (Å²) in [6.45, 7) is 5.79. The van der Waals surface area contributed by atoms with Gasteiger partial charge in [-0.25, -0.2) is 0 Å². The second-order valence-electron chi connectivity index (χ2n) is 5.85. The van der Waals surface area contributed by atoms with Crippen molar-refractivity contribution in [2.75, 3.05) is 10.6 Å². The number of rotatable bonds is 2. The Morgan fingerprint density at radius 3 is 2.33 bits per heavy atom. The van der Waals surface area contributed by atoms with Crippen molar-refractivity contribution in [2.24, 2.45) is 0 Å². The van der Waals surface area contributed by atoms with Crippen LogP contribution in [0.15, 0.2) is 36.5 Å². The first-order valence-electron chi connectivity index (χ1n) is 7.57. The van der Waals surface area contributed by atoms with Crippen LogP contribution in [0, 0.1) is 20.8 Å². The van der Waals surface area contributed by atoms with Gasteiger partial charge in [0.15, 0.2) is 0 Å². The van der Waals surface area contributed by atoms with Crippen molar-refractivity contribution >= 4 is 34.1 Å². The van der Waals surface area contributed by atoms with Gasteiger partial charge >= 0.3 is 11.8 Å². The topological polar surface area (TPSA) is 86.9 Å². The molecule has 0 saturated carbocycles. The van der Waals surface area contributed by atoms with Gasteiger partial charge in [-0.3, -0.25) is 14.7 Å². The van der Waals surface area contributed by atoms with Crippen LogP contribution in [-0.4, -0.2) is 22.0 Å². The number of H-pyrrole nitrogens is 1. The van der Waals surface area contributed by atoms with Crippen molar-refractivity contribution in [3.63, 3.8) is 0 Å². The molecule has 0 saturated heterocycles. The van der Waals surface area contributed by atoms with Gasteiger partial charge < -0.3 is 10.6 Å². The Morgan fingerprint density at radius 1 is 0.958 bits per heavy atom. The van der Waals surface area contributed by atoms with E-state index in [1.807, 2.05) is 39.0 Å². The maximum absolute atomic E-state index is 12.2. The van der Waals surface area contributed by atoms with Crippen molar-refractivity contribution in [3.05, 3.63) is 53.2 Å². The highest BCUT2D eigenvalue weighted by Gasteiger charge is 2.16. The molecule has 0 aliphatic rings. The molecule has 2 aromatic carbocycles. The molecule has 0 bridgehead atoms.